The van der Waals surface area contributed by atoms with Crippen LogP contribution < -0.4 is 5.32 Å². The van der Waals surface area contributed by atoms with Crippen LogP contribution in [0.2, 0.25) is 0 Å². The maximum atomic E-state index is 12.1. The molecule has 0 unspecified atom stereocenters. The Kier molecular flexibility index (Phi) is 4.52. The molecule has 0 fully saturated rings. The number of hydrogen-bond acceptors (Lipinski definition) is 6. The molecule has 0 aliphatic rings. The molecule has 114 valence electrons. The van der Waals surface area contributed by atoms with Crippen molar-refractivity contribution in [3.05, 3.63) is 56.5 Å². The highest BCUT2D eigenvalue weighted by Crippen LogP contribution is 2.25. The van der Waals surface area contributed by atoms with Crippen molar-refractivity contribution in [2.75, 3.05) is 12.4 Å². The van der Waals surface area contributed by atoms with Crippen LogP contribution in [-0.4, -0.2) is 23.9 Å². The standard InChI is InChI=1S/C14H12N2O5S/c1-8-3-4-9(14(18)21-2)7-10(8)15-13(17)11-5-6-12(22-11)16(19)20/h3-7H,1-2H3,(H,15,17). The number of rotatable bonds is 4. The van der Waals surface area contributed by atoms with E-state index in [0.29, 0.717) is 11.3 Å². The first kappa shape index (κ1) is 15.6. The molecule has 0 aliphatic heterocycles. The van der Waals surface area contributed by atoms with Gasteiger partial charge in [-0.1, -0.05) is 17.4 Å². The van der Waals surface area contributed by atoms with Crippen molar-refractivity contribution in [3.8, 4) is 0 Å². The lowest BCUT2D eigenvalue weighted by Crippen LogP contribution is -2.12. The van der Waals surface area contributed by atoms with Crippen LogP contribution in [0.15, 0.2) is 30.3 Å². The molecule has 1 heterocycles. The number of ether oxygens (including phenoxy) is 1. The van der Waals surface area contributed by atoms with E-state index in [1.54, 1.807) is 19.1 Å². The van der Waals surface area contributed by atoms with Gasteiger partial charge in [0.15, 0.2) is 0 Å². The molecule has 0 aliphatic carbocycles. The van der Waals surface area contributed by atoms with Gasteiger partial charge < -0.3 is 10.1 Å². The molecule has 8 heteroatoms. The number of nitro groups is 1. The van der Waals surface area contributed by atoms with Gasteiger partial charge in [-0.3, -0.25) is 14.9 Å². The summed E-state index contributed by atoms with van der Waals surface area (Å²) in [5.74, 6) is -0.981. The number of nitrogens with one attached hydrogen (secondary N) is 1. The van der Waals surface area contributed by atoms with Crippen LogP contribution in [-0.2, 0) is 4.74 Å². The SMILES string of the molecule is COC(=O)c1ccc(C)c(NC(=O)c2ccc([N+](=O)[O-])s2)c1. The first-order valence-corrected chi connectivity index (χ1v) is 6.98. The fourth-order valence-corrected chi connectivity index (χ4v) is 2.45. The van der Waals surface area contributed by atoms with Gasteiger partial charge >= 0.3 is 11.0 Å². The van der Waals surface area contributed by atoms with Crippen molar-refractivity contribution in [2.45, 2.75) is 6.92 Å². The third-order valence-electron chi connectivity index (χ3n) is 2.90. The van der Waals surface area contributed by atoms with E-state index >= 15 is 0 Å². The van der Waals surface area contributed by atoms with Gasteiger partial charge in [-0.25, -0.2) is 4.79 Å². The van der Waals surface area contributed by atoms with Crippen molar-refractivity contribution in [3.63, 3.8) is 0 Å². The molecule has 1 aromatic carbocycles. The van der Waals surface area contributed by atoms with Crippen molar-refractivity contribution >= 4 is 33.9 Å². The molecular formula is C14H12N2O5S. The first-order chi connectivity index (χ1) is 10.4. The summed E-state index contributed by atoms with van der Waals surface area (Å²) in [5, 5.41) is 13.2. The largest absolute Gasteiger partial charge is 0.465 e. The van der Waals surface area contributed by atoms with Crippen LogP contribution in [0.4, 0.5) is 10.7 Å². The number of hydrogen-bond donors (Lipinski definition) is 1. The Hall–Kier alpha value is -2.74. The summed E-state index contributed by atoms with van der Waals surface area (Å²) in [6, 6.07) is 7.43. The summed E-state index contributed by atoms with van der Waals surface area (Å²) in [6.07, 6.45) is 0. The number of nitrogens with zero attached hydrogens (tertiary/aromatic N) is 1. The van der Waals surface area contributed by atoms with E-state index in [1.165, 1.54) is 25.3 Å². The molecule has 1 amide bonds. The van der Waals surface area contributed by atoms with E-state index in [4.69, 9.17) is 0 Å². The average molecular weight is 320 g/mol. The van der Waals surface area contributed by atoms with Crippen molar-refractivity contribution in [1.82, 2.24) is 0 Å². The van der Waals surface area contributed by atoms with Gasteiger partial charge in [0.25, 0.3) is 5.91 Å². The Balaban J connectivity index is 2.23. The highest BCUT2D eigenvalue weighted by atomic mass is 32.1. The second kappa shape index (κ2) is 6.35. The van der Waals surface area contributed by atoms with Gasteiger partial charge in [0.2, 0.25) is 0 Å². The van der Waals surface area contributed by atoms with Crippen LogP contribution in [0, 0.1) is 17.0 Å². The zero-order chi connectivity index (χ0) is 16.3. The average Bonchev–Trinajstić information content (AvgIpc) is 2.99. The van der Waals surface area contributed by atoms with Crippen molar-refractivity contribution in [1.29, 1.82) is 0 Å². The predicted molar refractivity (Wildman–Crippen MR) is 81.4 cm³/mol. The molecule has 2 rings (SSSR count). The smallest absolute Gasteiger partial charge is 0.337 e. The fourth-order valence-electron chi connectivity index (χ4n) is 1.73. The number of methoxy groups -OCH3 is 1. The van der Waals surface area contributed by atoms with Crippen molar-refractivity contribution in [2.24, 2.45) is 0 Å². The van der Waals surface area contributed by atoms with Crippen LogP contribution in [0.3, 0.4) is 0 Å². The maximum absolute atomic E-state index is 12.1. The number of aryl methyl sites for hydroxylation is 1. The number of esters is 1. The van der Waals surface area contributed by atoms with E-state index in [9.17, 15) is 19.7 Å². The first-order valence-electron chi connectivity index (χ1n) is 6.17. The molecule has 0 bridgehead atoms. The number of carbonyl (C=O) groups is 2. The van der Waals surface area contributed by atoms with Gasteiger partial charge in [-0.2, -0.15) is 0 Å². The highest BCUT2D eigenvalue weighted by molar-refractivity contribution is 7.17. The number of anilines is 1. The zero-order valence-corrected chi connectivity index (χ0v) is 12.6. The molecule has 0 atom stereocenters. The lowest BCUT2D eigenvalue weighted by molar-refractivity contribution is -0.380. The number of amides is 1. The van der Waals surface area contributed by atoms with Gasteiger partial charge in [0.1, 0.15) is 0 Å². The normalized spacial score (nSPS) is 10.1. The van der Waals surface area contributed by atoms with Crippen LogP contribution in [0.25, 0.3) is 0 Å². The van der Waals surface area contributed by atoms with E-state index in [1.807, 2.05) is 0 Å². The van der Waals surface area contributed by atoms with E-state index in [2.05, 4.69) is 10.1 Å². The molecule has 0 saturated heterocycles. The molecule has 0 saturated carbocycles. The molecule has 0 radical (unpaired) electrons. The van der Waals surface area contributed by atoms with Crippen LogP contribution in [0.5, 0.6) is 0 Å². The fraction of sp³-hybridized carbons (Fsp3) is 0.143. The molecule has 1 aromatic heterocycles. The summed E-state index contributed by atoms with van der Waals surface area (Å²) < 4.78 is 4.63. The van der Waals surface area contributed by atoms with Gasteiger partial charge in [-0.15, -0.1) is 0 Å². The summed E-state index contributed by atoms with van der Waals surface area (Å²) in [6.45, 7) is 1.77. The molecular weight excluding hydrogens is 308 g/mol. The minimum absolute atomic E-state index is 0.106. The number of thiophene rings is 1. The second-order valence-electron chi connectivity index (χ2n) is 4.37. The molecule has 0 spiro atoms. The predicted octanol–water partition coefficient (Wildman–Crippen LogP) is 3.00. The third-order valence-corrected chi connectivity index (χ3v) is 3.94. The monoisotopic (exact) mass is 320 g/mol. The zero-order valence-electron chi connectivity index (χ0n) is 11.8. The summed E-state index contributed by atoms with van der Waals surface area (Å²) in [4.78, 5) is 33.9. The minimum atomic E-state index is -0.551. The minimum Gasteiger partial charge on any atom is -0.465 e. The highest BCUT2D eigenvalue weighted by Gasteiger charge is 2.16. The summed E-state index contributed by atoms with van der Waals surface area (Å²) in [5.41, 5.74) is 1.51. The Morgan fingerprint density at radius 2 is 2.00 bits per heavy atom. The Morgan fingerprint density at radius 1 is 1.27 bits per heavy atom. The second-order valence-corrected chi connectivity index (χ2v) is 5.43. The van der Waals surface area contributed by atoms with E-state index in [-0.39, 0.29) is 9.88 Å². The van der Waals surface area contributed by atoms with Crippen LogP contribution >= 0.6 is 11.3 Å². The van der Waals surface area contributed by atoms with E-state index < -0.39 is 16.8 Å². The molecule has 2 aromatic rings. The molecule has 1 N–H and O–H groups in total. The van der Waals surface area contributed by atoms with Crippen molar-refractivity contribution < 1.29 is 19.2 Å². The summed E-state index contributed by atoms with van der Waals surface area (Å²) >= 11 is 0.786. The summed E-state index contributed by atoms with van der Waals surface area (Å²) in [7, 11) is 1.27. The van der Waals surface area contributed by atoms with Crippen LogP contribution in [0.1, 0.15) is 25.6 Å². The third kappa shape index (κ3) is 3.29. The number of benzene rings is 1. The Bertz CT molecular complexity index is 753. The Labute approximate surface area is 129 Å². The quantitative estimate of drug-likeness (QED) is 0.530. The lowest BCUT2D eigenvalue weighted by Gasteiger charge is -2.09. The van der Waals surface area contributed by atoms with Gasteiger partial charge in [-0.05, 0) is 30.7 Å². The molecule has 22 heavy (non-hydrogen) atoms. The van der Waals surface area contributed by atoms with Gasteiger partial charge in [0.05, 0.1) is 22.5 Å². The number of carbonyl (C=O) groups excluding carboxylic acids is 2. The molecule has 7 nitrogen and oxygen atoms in total. The van der Waals surface area contributed by atoms with E-state index in [0.717, 1.165) is 16.9 Å². The topological polar surface area (TPSA) is 98.5 Å². The maximum Gasteiger partial charge on any atom is 0.337 e. The Morgan fingerprint density at radius 3 is 2.59 bits per heavy atom. The van der Waals surface area contributed by atoms with Gasteiger partial charge in [0, 0.05) is 11.8 Å². The lowest BCUT2D eigenvalue weighted by atomic mass is 10.1.